The van der Waals surface area contributed by atoms with E-state index in [0.717, 1.165) is 0 Å². The van der Waals surface area contributed by atoms with E-state index in [1.807, 2.05) is 0 Å². The summed E-state index contributed by atoms with van der Waals surface area (Å²) in [6.45, 7) is 4.32. The van der Waals surface area contributed by atoms with Crippen LogP contribution in [0.4, 0.5) is 11.8 Å². The highest BCUT2D eigenvalue weighted by atomic mass is 35.5. The standard InChI is InChI=1S/C26H35ClN7O8P/c1-14(2)40-23(36)26(10-5-11-26)33-43(38,42-16-8-6-15(27)7-9-16)39-12-17-19(35)25(3,37)22(41-17)34-13-30-18-20(29-4)31-24(28)32-21(18)34/h6-9,13-14,17,19,22,35,37H,5,10-12H2,1-4H3,(H,33,38)(H3,28,29,31,32)/t17?,19-,22?,25-,43?/m1/s1. The van der Waals surface area contributed by atoms with Crippen molar-refractivity contribution < 1.29 is 38.1 Å². The second kappa shape index (κ2) is 11.8. The first-order chi connectivity index (χ1) is 20.3. The third-order valence-electron chi connectivity index (χ3n) is 7.42. The number of halogens is 1. The molecular weight excluding hydrogens is 605 g/mol. The number of carbonyl (C=O) groups is 1. The number of carbonyl (C=O) groups excluding carboxylic acids is 1. The van der Waals surface area contributed by atoms with Gasteiger partial charge in [0.2, 0.25) is 5.95 Å². The van der Waals surface area contributed by atoms with Crippen molar-refractivity contribution in [2.24, 2.45) is 0 Å². The van der Waals surface area contributed by atoms with E-state index in [4.69, 9.17) is 35.9 Å². The summed E-state index contributed by atoms with van der Waals surface area (Å²) in [5.74, 6) is -0.0886. The van der Waals surface area contributed by atoms with E-state index < -0.39 is 56.0 Å². The van der Waals surface area contributed by atoms with Gasteiger partial charge in [-0.1, -0.05) is 11.6 Å². The Morgan fingerprint density at radius 3 is 2.60 bits per heavy atom. The van der Waals surface area contributed by atoms with E-state index >= 15 is 0 Å². The third kappa shape index (κ3) is 6.16. The summed E-state index contributed by atoms with van der Waals surface area (Å²) in [5, 5.41) is 28.6. The molecule has 2 fully saturated rings. The van der Waals surface area contributed by atoms with Crippen LogP contribution in [0.3, 0.4) is 0 Å². The van der Waals surface area contributed by atoms with Crippen LogP contribution in [0, 0.1) is 0 Å². The molecule has 3 aromatic rings. The molecular formula is C26H35ClN7O8P. The smallest absolute Gasteiger partial charge is 0.459 e. The van der Waals surface area contributed by atoms with Gasteiger partial charge in [-0.2, -0.15) is 15.1 Å². The van der Waals surface area contributed by atoms with Crippen molar-refractivity contribution in [2.45, 2.75) is 75.7 Å². The fourth-order valence-electron chi connectivity index (χ4n) is 5.03. The Bertz CT molecular complexity index is 1530. The summed E-state index contributed by atoms with van der Waals surface area (Å²) in [7, 11) is -2.68. The Kier molecular flexibility index (Phi) is 8.62. The molecule has 3 unspecified atom stereocenters. The van der Waals surface area contributed by atoms with Gasteiger partial charge < -0.3 is 35.3 Å². The first-order valence-electron chi connectivity index (χ1n) is 13.7. The molecule has 0 radical (unpaired) electrons. The number of aliphatic hydroxyl groups is 2. The summed E-state index contributed by atoms with van der Waals surface area (Å²) in [5.41, 5.74) is 3.32. The largest absolute Gasteiger partial charge is 0.462 e. The van der Waals surface area contributed by atoms with Crippen molar-refractivity contribution in [3.63, 3.8) is 0 Å². The predicted molar refractivity (Wildman–Crippen MR) is 156 cm³/mol. The summed E-state index contributed by atoms with van der Waals surface area (Å²) in [6.07, 6.45) is -1.51. The predicted octanol–water partition coefficient (Wildman–Crippen LogP) is 2.78. The Morgan fingerprint density at radius 1 is 1.30 bits per heavy atom. The molecule has 2 aromatic heterocycles. The molecule has 5 rings (SSSR count). The molecule has 0 bridgehead atoms. The van der Waals surface area contributed by atoms with E-state index in [2.05, 4.69) is 25.4 Å². The lowest BCUT2D eigenvalue weighted by Gasteiger charge is -2.41. The summed E-state index contributed by atoms with van der Waals surface area (Å²) in [6, 6.07) is 6.09. The van der Waals surface area contributed by atoms with Gasteiger partial charge in [0.25, 0.3) is 0 Å². The highest BCUT2D eigenvalue weighted by Crippen LogP contribution is 2.51. The summed E-state index contributed by atoms with van der Waals surface area (Å²) >= 11 is 5.99. The minimum Gasteiger partial charge on any atom is -0.462 e. The molecule has 0 amide bonds. The van der Waals surface area contributed by atoms with Crippen molar-refractivity contribution >= 4 is 48.2 Å². The van der Waals surface area contributed by atoms with Crippen LogP contribution in [-0.4, -0.2) is 78.8 Å². The van der Waals surface area contributed by atoms with Crippen LogP contribution >= 0.6 is 19.3 Å². The molecule has 1 saturated heterocycles. The normalized spacial score (nSPS) is 26.2. The van der Waals surface area contributed by atoms with Crippen LogP contribution in [0.15, 0.2) is 30.6 Å². The van der Waals surface area contributed by atoms with Crippen LogP contribution in [0.1, 0.15) is 46.3 Å². The fraction of sp³-hybridized carbons (Fsp3) is 0.538. The van der Waals surface area contributed by atoms with Gasteiger partial charge in [0.15, 0.2) is 23.2 Å². The van der Waals surface area contributed by atoms with Gasteiger partial charge in [0.05, 0.1) is 19.0 Å². The number of ether oxygens (including phenoxy) is 2. The number of hydrogen-bond acceptors (Lipinski definition) is 13. The van der Waals surface area contributed by atoms with Gasteiger partial charge in [0.1, 0.15) is 29.1 Å². The van der Waals surface area contributed by atoms with Gasteiger partial charge in [-0.25, -0.2) is 9.55 Å². The molecule has 5 atom stereocenters. The number of nitrogen functional groups attached to an aromatic ring is 1. The SMILES string of the molecule is CNc1nc(N)nc2c1ncn2C1OC(COP(=O)(NC2(C(=O)OC(C)C)CCC2)Oc2ccc(Cl)cc2)[C@@H](O)[C@@]1(C)O. The Hall–Kier alpha value is -3.04. The first kappa shape index (κ1) is 31.4. The molecule has 1 aliphatic carbocycles. The molecule has 17 heteroatoms. The summed E-state index contributed by atoms with van der Waals surface area (Å²) in [4.78, 5) is 25.7. The number of rotatable bonds is 11. The number of benzene rings is 1. The average Bonchev–Trinajstić information content (AvgIpc) is 3.43. The molecule has 2 aliphatic rings. The molecule has 43 heavy (non-hydrogen) atoms. The second-order valence-electron chi connectivity index (χ2n) is 11.0. The number of nitrogens with zero attached hydrogens (tertiary/aromatic N) is 4. The Labute approximate surface area is 252 Å². The fourth-order valence-corrected chi connectivity index (χ4v) is 6.90. The topological polar surface area (TPSA) is 205 Å². The van der Waals surface area contributed by atoms with Gasteiger partial charge >= 0.3 is 13.7 Å². The lowest BCUT2D eigenvalue weighted by molar-refractivity contribution is -0.158. The Morgan fingerprint density at radius 2 is 2.00 bits per heavy atom. The van der Waals surface area contributed by atoms with Crippen LogP contribution in [0.2, 0.25) is 5.02 Å². The zero-order chi connectivity index (χ0) is 31.2. The number of hydrogen-bond donors (Lipinski definition) is 5. The van der Waals surface area contributed by atoms with Gasteiger partial charge in [0, 0.05) is 12.1 Å². The number of aromatic nitrogens is 4. The molecule has 15 nitrogen and oxygen atoms in total. The lowest BCUT2D eigenvalue weighted by Crippen LogP contribution is -2.57. The quantitative estimate of drug-likeness (QED) is 0.151. The van der Waals surface area contributed by atoms with Crippen LogP contribution in [-0.2, 0) is 23.4 Å². The van der Waals surface area contributed by atoms with Crippen LogP contribution < -0.4 is 20.7 Å². The Balaban J connectivity index is 1.40. The maximum atomic E-state index is 14.2. The summed E-state index contributed by atoms with van der Waals surface area (Å²) < 4.78 is 38.7. The molecule has 1 aromatic carbocycles. The molecule has 234 valence electrons. The van der Waals surface area contributed by atoms with Crippen molar-refractivity contribution in [2.75, 3.05) is 24.7 Å². The van der Waals surface area contributed by atoms with Crippen molar-refractivity contribution in [3.05, 3.63) is 35.6 Å². The number of esters is 1. The maximum Gasteiger partial charge on any atom is 0.459 e. The zero-order valence-corrected chi connectivity index (χ0v) is 25.7. The minimum atomic E-state index is -4.33. The number of imidazole rings is 1. The van der Waals surface area contributed by atoms with Crippen LogP contribution in [0.25, 0.3) is 11.2 Å². The van der Waals surface area contributed by atoms with E-state index in [9.17, 15) is 19.6 Å². The highest BCUT2D eigenvalue weighted by Gasteiger charge is 2.56. The number of nitrogens with one attached hydrogen (secondary N) is 2. The molecule has 1 aliphatic heterocycles. The molecule has 0 spiro atoms. The average molecular weight is 640 g/mol. The van der Waals surface area contributed by atoms with E-state index in [1.54, 1.807) is 33.0 Å². The monoisotopic (exact) mass is 639 g/mol. The van der Waals surface area contributed by atoms with Crippen molar-refractivity contribution in [1.82, 2.24) is 24.6 Å². The van der Waals surface area contributed by atoms with Crippen molar-refractivity contribution in [1.29, 1.82) is 0 Å². The van der Waals surface area contributed by atoms with Crippen LogP contribution in [0.5, 0.6) is 5.75 Å². The van der Waals surface area contributed by atoms with E-state index in [1.165, 1.54) is 30.0 Å². The van der Waals surface area contributed by atoms with E-state index in [0.29, 0.717) is 35.6 Å². The molecule has 6 N–H and O–H groups in total. The first-order valence-corrected chi connectivity index (χ1v) is 15.6. The van der Waals surface area contributed by atoms with Crippen molar-refractivity contribution in [3.8, 4) is 5.75 Å². The molecule has 1 saturated carbocycles. The van der Waals surface area contributed by atoms with Gasteiger partial charge in [-0.3, -0.25) is 13.9 Å². The zero-order valence-electron chi connectivity index (χ0n) is 24.1. The third-order valence-corrected chi connectivity index (χ3v) is 9.32. The number of fused-ring (bicyclic) bond motifs is 1. The minimum absolute atomic E-state index is 0.0380. The number of nitrogens with two attached hydrogens (primary N) is 1. The van der Waals surface area contributed by atoms with E-state index in [-0.39, 0.29) is 17.3 Å². The number of aliphatic hydroxyl groups excluding tert-OH is 1. The maximum absolute atomic E-state index is 14.2. The second-order valence-corrected chi connectivity index (χ2v) is 13.1. The number of anilines is 2. The van der Waals surface area contributed by atoms with Gasteiger partial charge in [-0.05, 0) is 64.3 Å². The molecule has 3 heterocycles. The lowest BCUT2D eigenvalue weighted by atomic mass is 9.78. The highest BCUT2D eigenvalue weighted by molar-refractivity contribution is 7.52. The van der Waals surface area contributed by atoms with Gasteiger partial charge in [-0.15, -0.1) is 0 Å².